The Balaban J connectivity index is 2.10. The molecule has 2 rings (SSSR count). The molecule has 6 heteroatoms. The highest BCUT2D eigenvalue weighted by atomic mass is 16.5. The van der Waals surface area contributed by atoms with E-state index in [4.69, 9.17) is 4.52 Å². The van der Waals surface area contributed by atoms with E-state index in [-0.39, 0.29) is 0 Å². The molecule has 2 heterocycles. The first-order valence-corrected chi connectivity index (χ1v) is 5.50. The predicted octanol–water partition coefficient (Wildman–Crippen LogP) is 1.33. The third-order valence-corrected chi connectivity index (χ3v) is 2.11. The zero-order valence-corrected chi connectivity index (χ0v) is 10.1. The van der Waals surface area contributed by atoms with E-state index in [1.165, 1.54) is 0 Å². The van der Waals surface area contributed by atoms with E-state index in [0.717, 1.165) is 5.56 Å². The molecule has 17 heavy (non-hydrogen) atoms. The molecule has 90 valence electrons. The molecule has 0 radical (unpaired) electrons. The summed E-state index contributed by atoms with van der Waals surface area (Å²) in [6.45, 7) is 6.59. The lowest BCUT2D eigenvalue weighted by Crippen LogP contribution is -2.21. The zero-order valence-electron chi connectivity index (χ0n) is 10.1. The van der Waals surface area contributed by atoms with Crippen molar-refractivity contribution in [2.75, 3.05) is 0 Å². The number of aromatic nitrogens is 4. The molecule has 0 unspecified atom stereocenters. The van der Waals surface area contributed by atoms with Crippen LogP contribution in [0.25, 0.3) is 11.6 Å². The van der Waals surface area contributed by atoms with Gasteiger partial charge in [0.25, 0.3) is 0 Å². The van der Waals surface area contributed by atoms with Crippen molar-refractivity contribution in [1.82, 2.24) is 25.4 Å². The molecule has 0 aliphatic carbocycles. The molecule has 0 aliphatic rings. The van der Waals surface area contributed by atoms with Gasteiger partial charge in [0.2, 0.25) is 17.5 Å². The van der Waals surface area contributed by atoms with Gasteiger partial charge in [-0.3, -0.25) is 0 Å². The van der Waals surface area contributed by atoms with Crippen LogP contribution in [0.3, 0.4) is 0 Å². The first kappa shape index (κ1) is 11.7. The zero-order chi connectivity index (χ0) is 12.3. The number of nitrogens with zero attached hydrogens (tertiary/aromatic N) is 4. The number of rotatable bonds is 4. The Morgan fingerprint density at radius 1 is 1.24 bits per heavy atom. The molecule has 1 N–H and O–H groups in total. The maximum atomic E-state index is 5.10. The summed E-state index contributed by atoms with van der Waals surface area (Å²) >= 11 is 0. The molecule has 0 aliphatic heterocycles. The Kier molecular flexibility index (Phi) is 3.43. The van der Waals surface area contributed by atoms with Gasteiger partial charge in [-0.2, -0.15) is 4.98 Å². The van der Waals surface area contributed by atoms with Crippen LogP contribution in [0.1, 0.15) is 25.3 Å². The van der Waals surface area contributed by atoms with Gasteiger partial charge in [0.15, 0.2) is 0 Å². The van der Waals surface area contributed by atoms with Gasteiger partial charge in [-0.15, -0.1) is 0 Å². The molecule has 0 saturated heterocycles. The average molecular weight is 233 g/mol. The molecule has 0 aromatic carbocycles. The summed E-state index contributed by atoms with van der Waals surface area (Å²) < 4.78 is 5.10. The van der Waals surface area contributed by atoms with Crippen LogP contribution < -0.4 is 5.32 Å². The fourth-order valence-corrected chi connectivity index (χ4v) is 1.22. The molecule has 0 atom stereocenters. The second-order valence-electron chi connectivity index (χ2n) is 4.13. The molecule has 2 aromatic rings. The predicted molar refractivity (Wildman–Crippen MR) is 62.0 cm³/mol. The maximum Gasteiger partial charge on any atom is 0.241 e. The van der Waals surface area contributed by atoms with Gasteiger partial charge in [0, 0.05) is 18.4 Å². The highest BCUT2D eigenvalue weighted by Crippen LogP contribution is 2.09. The average Bonchev–Trinajstić information content (AvgIpc) is 2.76. The van der Waals surface area contributed by atoms with Crippen LogP contribution in [-0.2, 0) is 6.54 Å². The monoisotopic (exact) mass is 233 g/mol. The second kappa shape index (κ2) is 5.01. The van der Waals surface area contributed by atoms with Crippen LogP contribution >= 0.6 is 0 Å². The molecule has 0 fully saturated rings. The largest absolute Gasteiger partial charge is 0.337 e. The molecular formula is C11H15N5O. The summed E-state index contributed by atoms with van der Waals surface area (Å²) in [5.41, 5.74) is 0.999. The van der Waals surface area contributed by atoms with E-state index in [2.05, 4.69) is 39.3 Å². The van der Waals surface area contributed by atoms with Crippen molar-refractivity contribution >= 4 is 0 Å². The maximum absolute atomic E-state index is 5.10. The molecule has 6 nitrogen and oxygen atoms in total. The first-order chi connectivity index (χ1) is 8.15. The van der Waals surface area contributed by atoms with Crippen molar-refractivity contribution in [3.8, 4) is 11.6 Å². The second-order valence-corrected chi connectivity index (χ2v) is 4.13. The van der Waals surface area contributed by atoms with E-state index in [9.17, 15) is 0 Å². The van der Waals surface area contributed by atoms with Crippen molar-refractivity contribution in [3.63, 3.8) is 0 Å². The lowest BCUT2D eigenvalue weighted by molar-refractivity contribution is 0.362. The van der Waals surface area contributed by atoms with E-state index < -0.39 is 0 Å². The van der Waals surface area contributed by atoms with Crippen LogP contribution in [0.2, 0.25) is 0 Å². The number of hydrogen-bond acceptors (Lipinski definition) is 6. The van der Waals surface area contributed by atoms with Gasteiger partial charge in [-0.05, 0) is 12.5 Å². The highest BCUT2D eigenvalue weighted by molar-refractivity contribution is 5.40. The van der Waals surface area contributed by atoms with Crippen molar-refractivity contribution < 1.29 is 4.52 Å². The highest BCUT2D eigenvalue weighted by Gasteiger charge is 2.10. The van der Waals surface area contributed by atoms with E-state index in [0.29, 0.717) is 30.1 Å². The summed E-state index contributed by atoms with van der Waals surface area (Å²) in [7, 11) is 0. The van der Waals surface area contributed by atoms with Crippen molar-refractivity contribution in [2.45, 2.75) is 33.4 Å². The van der Waals surface area contributed by atoms with Crippen LogP contribution in [0.4, 0.5) is 0 Å². The SMILES string of the molecule is Cc1cnc(-c2noc(CNC(C)C)n2)nc1. The molecule has 0 amide bonds. The number of nitrogens with one attached hydrogen (secondary N) is 1. The molecule has 0 bridgehead atoms. The topological polar surface area (TPSA) is 76.7 Å². The Labute approximate surface area is 99.5 Å². The molecular weight excluding hydrogens is 218 g/mol. The van der Waals surface area contributed by atoms with Crippen LogP contribution in [0.5, 0.6) is 0 Å². The van der Waals surface area contributed by atoms with Crippen LogP contribution in [-0.4, -0.2) is 26.2 Å². The first-order valence-electron chi connectivity index (χ1n) is 5.50. The van der Waals surface area contributed by atoms with Gasteiger partial charge in [-0.1, -0.05) is 19.0 Å². The van der Waals surface area contributed by atoms with Crippen molar-refractivity contribution in [1.29, 1.82) is 0 Å². The Morgan fingerprint density at radius 3 is 2.59 bits per heavy atom. The molecule has 2 aromatic heterocycles. The third kappa shape index (κ3) is 3.07. The summed E-state index contributed by atoms with van der Waals surface area (Å²) in [4.78, 5) is 12.5. The smallest absolute Gasteiger partial charge is 0.241 e. The van der Waals surface area contributed by atoms with E-state index in [1.54, 1.807) is 12.4 Å². The van der Waals surface area contributed by atoms with Crippen molar-refractivity contribution in [2.24, 2.45) is 0 Å². The van der Waals surface area contributed by atoms with Gasteiger partial charge < -0.3 is 9.84 Å². The molecule has 0 spiro atoms. The summed E-state index contributed by atoms with van der Waals surface area (Å²) in [6.07, 6.45) is 3.45. The summed E-state index contributed by atoms with van der Waals surface area (Å²) in [5, 5.41) is 7.04. The Hall–Kier alpha value is -1.82. The normalized spacial score (nSPS) is 11.1. The minimum atomic E-state index is 0.376. The van der Waals surface area contributed by atoms with E-state index >= 15 is 0 Å². The minimum Gasteiger partial charge on any atom is -0.337 e. The molecule has 0 saturated carbocycles. The van der Waals surface area contributed by atoms with Gasteiger partial charge in [0.1, 0.15) is 0 Å². The summed E-state index contributed by atoms with van der Waals surface area (Å²) in [5.74, 6) is 1.44. The quantitative estimate of drug-likeness (QED) is 0.858. The van der Waals surface area contributed by atoms with Gasteiger partial charge in [-0.25, -0.2) is 9.97 Å². The number of hydrogen-bond donors (Lipinski definition) is 1. The van der Waals surface area contributed by atoms with Crippen molar-refractivity contribution in [3.05, 3.63) is 23.8 Å². The fraction of sp³-hybridized carbons (Fsp3) is 0.455. The van der Waals surface area contributed by atoms with Gasteiger partial charge >= 0.3 is 0 Å². The lowest BCUT2D eigenvalue weighted by Gasteiger charge is -2.02. The van der Waals surface area contributed by atoms with Gasteiger partial charge in [0.05, 0.1) is 6.54 Å². The third-order valence-electron chi connectivity index (χ3n) is 2.11. The van der Waals surface area contributed by atoms with Crippen LogP contribution in [0.15, 0.2) is 16.9 Å². The Bertz CT molecular complexity index is 477. The standard InChI is InChI=1S/C11H15N5O/c1-7(2)12-6-9-15-11(16-17-9)10-13-4-8(3)5-14-10/h4-5,7,12H,6H2,1-3H3. The van der Waals surface area contributed by atoms with E-state index in [1.807, 2.05) is 6.92 Å². The lowest BCUT2D eigenvalue weighted by atomic mass is 10.4. The fourth-order valence-electron chi connectivity index (χ4n) is 1.22. The summed E-state index contributed by atoms with van der Waals surface area (Å²) in [6, 6.07) is 0.376. The minimum absolute atomic E-state index is 0.376. The Morgan fingerprint density at radius 2 is 1.94 bits per heavy atom. The van der Waals surface area contributed by atoms with Crippen LogP contribution in [0, 0.1) is 6.92 Å². The number of aryl methyl sites for hydroxylation is 1.